The molecule has 1 aliphatic carbocycles. The fraction of sp³-hybridized carbons (Fsp3) is 0.500. The lowest BCUT2D eigenvalue weighted by molar-refractivity contribution is -0.147. The summed E-state index contributed by atoms with van der Waals surface area (Å²) in [5, 5.41) is 27.9. The number of aliphatic hydroxyl groups is 3. The van der Waals surface area contributed by atoms with Crippen molar-refractivity contribution >= 4 is 11.9 Å². The van der Waals surface area contributed by atoms with E-state index in [9.17, 15) is 19.8 Å². The molecular formula is C20H26O7. The number of esters is 2. The minimum atomic E-state index is -0.765. The molecule has 3 atom stereocenters. The second-order valence-corrected chi connectivity index (χ2v) is 6.71. The second-order valence-electron chi connectivity index (χ2n) is 6.71. The van der Waals surface area contributed by atoms with Gasteiger partial charge in [-0.3, -0.25) is 0 Å². The van der Waals surface area contributed by atoms with Crippen molar-refractivity contribution in [3.8, 4) is 0 Å². The molecule has 0 aromatic rings. The summed E-state index contributed by atoms with van der Waals surface area (Å²) in [6, 6.07) is 0. The van der Waals surface area contributed by atoms with E-state index in [4.69, 9.17) is 14.6 Å². The Morgan fingerprint density at radius 3 is 2.78 bits per heavy atom. The number of hydrogen-bond donors (Lipinski definition) is 3. The summed E-state index contributed by atoms with van der Waals surface area (Å²) in [6.45, 7) is 4.57. The fourth-order valence-corrected chi connectivity index (χ4v) is 3.31. The molecule has 0 aromatic heterocycles. The van der Waals surface area contributed by atoms with E-state index in [-0.39, 0.29) is 17.8 Å². The summed E-state index contributed by atoms with van der Waals surface area (Å²) >= 11 is 0. The molecule has 148 valence electrons. The van der Waals surface area contributed by atoms with Gasteiger partial charge in [-0.15, -0.1) is 0 Å². The van der Waals surface area contributed by atoms with Crippen LogP contribution in [0.5, 0.6) is 0 Å². The first-order chi connectivity index (χ1) is 12.9. The molecule has 0 spiro atoms. The molecule has 2 rings (SSSR count). The number of allylic oxidation sites excluding steroid dienone is 1. The summed E-state index contributed by atoms with van der Waals surface area (Å²) in [4.78, 5) is 24.5. The Bertz CT molecular complexity index is 686. The van der Waals surface area contributed by atoms with E-state index >= 15 is 0 Å². The molecule has 27 heavy (non-hydrogen) atoms. The standard InChI is InChI=1S/C20H26O7/c1-12-4-3-5-14(10-22)9-17-18(13(2)19(24)26-17)16(8-12)27-20(25)15(11-23)6-7-21/h4,6,9,16-18,21-23H,2-3,5,7-8,10-11H2,1H3. The van der Waals surface area contributed by atoms with Gasteiger partial charge in [0.15, 0.2) is 0 Å². The molecule has 2 aliphatic rings. The van der Waals surface area contributed by atoms with Gasteiger partial charge in [-0.05, 0) is 37.5 Å². The van der Waals surface area contributed by atoms with Crippen LogP contribution in [0.4, 0.5) is 0 Å². The monoisotopic (exact) mass is 378 g/mol. The van der Waals surface area contributed by atoms with E-state index < -0.39 is 43.3 Å². The topological polar surface area (TPSA) is 113 Å². The number of aliphatic hydroxyl groups excluding tert-OH is 3. The highest BCUT2D eigenvalue weighted by Gasteiger charge is 2.44. The van der Waals surface area contributed by atoms with E-state index in [2.05, 4.69) is 6.58 Å². The Morgan fingerprint density at radius 2 is 2.15 bits per heavy atom. The highest BCUT2D eigenvalue weighted by molar-refractivity contribution is 5.92. The molecule has 0 saturated carbocycles. The first-order valence-corrected chi connectivity index (χ1v) is 8.88. The molecule has 3 N–H and O–H groups in total. The Kier molecular flexibility index (Phi) is 7.53. The molecule has 7 heteroatoms. The molecular weight excluding hydrogens is 352 g/mol. The smallest absolute Gasteiger partial charge is 0.336 e. The lowest BCUT2D eigenvalue weighted by Gasteiger charge is -2.27. The third kappa shape index (κ3) is 5.15. The van der Waals surface area contributed by atoms with Gasteiger partial charge in [0.05, 0.1) is 31.3 Å². The van der Waals surface area contributed by atoms with Gasteiger partial charge in [-0.1, -0.05) is 18.2 Å². The molecule has 1 fully saturated rings. The van der Waals surface area contributed by atoms with Gasteiger partial charge in [0, 0.05) is 12.0 Å². The van der Waals surface area contributed by atoms with Gasteiger partial charge in [-0.25, -0.2) is 9.59 Å². The third-order valence-electron chi connectivity index (χ3n) is 4.78. The van der Waals surface area contributed by atoms with Crippen LogP contribution in [0, 0.1) is 5.92 Å². The van der Waals surface area contributed by atoms with Crippen LogP contribution in [0.15, 0.2) is 47.1 Å². The SMILES string of the molecule is C=C1C(=O)OC2C=C(CO)CCC=C(C)CC(OC(=O)C(=CCO)CO)C12. The van der Waals surface area contributed by atoms with Crippen molar-refractivity contribution in [3.05, 3.63) is 47.1 Å². The zero-order valence-corrected chi connectivity index (χ0v) is 15.4. The van der Waals surface area contributed by atoms with Crippen LogP contribution in [-0.4, -0.2) is 59.3 Å². The number of ether oxygens (including phenoxy) is 2. The lowest BCUT2D eigenvalue weighted by Crippen LogP contribution is -2.34. The summed E-state index contributed by atoms with van der Waals surface area (Å²) in [6.07, 6.45) is 5.18. The van der Waals surface area contributed by atoms with E-state index in [0.717, 1.165) is 11.1 Å². The molecule has 3 unspecified atom stereocenters. The first-order valence-electron chi connectivity index (χ1n) is 8.88. The van der Waals surface area contributed by atoms with E-state index in [1.54, 1.807) is 6.08 Å². The summed E-state index contributed by atoms with van der Waals surface area (Å²) < 4.78 is 11.0. The van der Waals surface area contributed by atoms with Crippen molar-refractivity contribution in [2.75, 3.05) is 19.8 Å². The van der Waals surface area contributed by atoms with Gasteiger partial charge >= 0.3 is 11.9 Å². The van der Waals surface area contributed by atoms with Crippen LogP contribution in [-0.2, 0) is 19.1 Å². The molecule has 0 amide bonds. The molecule has 7 nitrogen and oxygen atoms in total. The van der Waals surface area contributed by atoms with Gasteiger partial charge in [0.25, 0.3) is 0 Å². The summed E-state index contributed by atoms with van der Waals surface area (Å²) in [7, 11) is 0. The highest BCUT2D eigenvalue weighted by atomic mass is 16.6. The molecule has 0 aromatic carbocycles. The average Bonchev–Trinajstić information content (AvgIpc) is 2.91. The maximum Gasteiger partial charge on any atom is 0.336 e. The molecule has 1 saturated heterocycles. The number of hydrogen-bond acceptors (Lipinski definition) is 7. The van der Waals surface area contributed by atoms with Crippen molar-refractivity contribution in [1.29, 1.82) is 0 Å². The normalized spacial score (nSPS) is 26.7. The lowest BCUT2D eigenvalue weighted by atomic mass is 9.85. The Morgan fingerprint density at radius 1 is 1.41 bits per heavy atom. The summed E-state index contributed by atoms with van der Waals surface area (Å²) in [5.74, 6) is -1.93. The maximum atomic E-state index is 12.4. The van der Waals surface area contributed by atoms with Crippen molar-refractivity contribution in [2.24, 2.45) is 5.92 Å². The zero-order chi connectivity index (χ0) is 20.0. The molecule has 0 radical (unpaired) electrons. The highest BCUT2D eigenvalue weighted by Crippen LogP contribution is 2.36. The zero-order valence-electron chi connectivity index (χ0n) is 15.4. The predicted octanol–water partition coefficient (Wildman–Crippen LogP) is 0.956. The Labute approximate surface area is 158 Å². The minimum absolute atomic E-state index is 0.0600. The van der Waals surface area contributed by atoms with Crippen molar-refractivity contribution in [1.82, 2.24) is 0 Å². The fourth-order valence-electron chi connectivity index (χ4n) is 3.31. The Hall–Kier alpha value is -2.22. The number of fused-ring (bicyclic) bond motifs is 1. The van der Waals surface area contributed by atoms with Gasteiger partial charge in [0.1, 0.15) is 12.2 Å². The van der Waals surface area contributed by atoms with Crippen molar-refractivity contribution in [2.45, 2.75) is 38.4 Å². The second kappa shape index (κ2) is 9.64. The van der Waals surface area contributed by atoms with Gasteiger partial charge in [0.2, 0.25) is 0 Å². The van der Waals surface area contributed by atoms with Gasteiger partial charge in [-0.2, -0.15) is 0 Å². The average molecular weight is 378 g/mol. The van der Waals surface area contributed by atoms with Crippen LogP contribution >= 0.6 is 0 Å². The van der Waals surface area contributed by atoms with Crippen molar-refractivity contribution in [3.63, 3.8) is 0 Å². The number of rotatable bonds is 5. The van der Waals surface area contributed by atoms with Crippen LogP contribution in [0.3, 0.4) is 0 Å². The van der Waals surface area contributed by atoms with Crippen LogP contribution in [0.2, 0.25) is 0 Å². The first kappa shape index (κ1) is 21.1. The third-order valence-corrected chi connectivity index (χ3v) is 4.78. The Balaban J connectivity index is 2.38. The van der Waals surface area contributed by atoms with E-state index in [0.29, 0.717) is 19.3 Å². The number of carbonyl (C=O) groups is 2. The number of carbonyl (C=O) groups excluding carboxylic acids is 2. The molecule has 1 aliphatic heterocycles. The molecule has 1 heterocycles. The van der Waals surface area contributed by atoms with Crippen LogP contribution < -0.4 is 0 Å². The largest absolute Gasteiger partial charge is 0.458 e. The minimum Gasteiger partial charge on any atom is -0.458 e. The molecule has 0 bridgehead atoms. The summed E-state index contributed by atoms with van der Waals surface area (Å²) in [5.41, 5.74) is 1.85. The maximum absolute atomic E-state index is 12.4. The predicted molar refractivity (Wildman–Crippen MR) is 97.4 cm³/mol. The van der Waals surface area contributed by atoms with E-state index in [1.807, 2.05) is 13.0 Å². The van der Waals surface area contributed by atoms with Crippen LogP contribution in [0.1, 0.15) is 26.2 Å². The van der Waals surface area contributed by atoms with Gasteiger partial charge < -0.3 is 24.8 Å². The van der Waals surface area contributed by atoms with Crippen LogP contribution in [0.25, 0.3) is 0 Å². The van der Waals surface area contributed by atoms with Crippen molar-refractivity contribution < 1.29 is 34.4 Å². The quantitative estimate of drug-likeness (QED) is 0.371. The van der Waals surface area contributed by atoms with E-state index in [1.165, 1.54) is 6.08 Å².